The van der Waals surface area contributed by atoms with E-state index in [0.717, 1.165) is 19.4 Å². The minimum absolute atomic E-state index is 0.167. The van der Waals surface area contributed by atoms with Gasteiger partial charge < -0.3 is 4.90 Å². The molecule has 0 aromatic rings. The van der Waals surface area contributed by atoms with Gasteiger partial charge in [0.1, 0.15) is 0 Å². The summed E-state index contributed by atoms with van der Waals surface area (Å²) in [6.07, 6.45) is 7.36. The molecule has 0 spiro atoms. The molecule has 0 aromatic carbocycles. The van der Waals surface area contributed by atoms with Crippen LogP contribution >= 0.6 is 0 Å². The standard InChI is InChI=1S/C10H13NO/c1-2-11-9-6-4-3-5-8(9)7-10(11)12/h6-7H,2-5H2,1H3. The summed E-state index contributed by atoms with van der Waals surface area (Å²) in [7, 11) is 0. The van der Waals surface area contributed by atoms with Crippen molar-refractivity contribution in [1.29, 1.82) is 0 Å². The van der Waals surface area contributed by atoms with E-state index in [1.807, 2.05) is 11.8 Å². The quantitative estimate of drug-likeness (QED) is 0.577. The normalized spacial score (nSPS) is 22.1. The molecule has 2 aliphatic rings. The predicted octanol–water partition coefficient (Wildman–Crippen LogP) is 1.84. The van der Waals surface area contributed by atoms with Gasteiger partial charge >= 0.3 is 0 Å². The van der Waals surface area contributed by atoms with Crippen molar-refractivity contribution in [2.24, 2.45) is 0 Å². The Morgan fingerprint density at radius 3 is 3.17 bits per heavy atom. The van der Waals surface area contributed by atoms with E-state index in [9.17, 15) is 4.79 Å². The highest BCUT2D eigenvalue weighted by atomic mass is 16.2. The monoisotopic (exact) mass is 163 g/mol. The Hall–Kier alpha value is -1.05. The summed E-state index contributed by atoms with van der Waals surface area (Å²) in [6, 6.07) is 0. The minimum atomic E-state index is 0.167. The van der Waals surface area contributed by atoms with Crippen LogP contribution < -0.4 is 0 Å². The minimum Gasteiger partial charge on any atom is -0.309 e. The van der Waals surface area contributed by atoms with Gasteiger partial charge in [-0.1, -0.05) is 6.08 Å². The van der Waals surface area contributed by atoms with Crippen molar-refractivity contribution in [3.63, 3.8) is 0 Å². The second kappa shape index (κ2) is 2.77. The van der Waals surface area contributed by atoms with Crippen LogP contribution in [0.15, 0.2) is 23.4 Å². The highest BCUT2D eigenvalue weighted by molar-refractivity contribution is 5.94. The molecule has 1 aliphatic heterocycles. The van der Waals surface area contributed by atoms with E-state index in [2.05, 4.69) is 6.08 Å². The number of hydrogen-bond donors (Lipinski definition) is 0. The van der Waals surface area contributed by atoms with E-state index in [0.29, 0.717) is 0 Å². The van der Waals surface area contributed by atoms with Crippen LogP contribution in [0.4, 0.5) is 0 Å². The molecule has 2 nitrogen and oxygen atoms in total. The molecule has 0 saturated carbocycles. The number of hydrogen-bond acceptors (Lipinski definition) is 1. The molecule has 0 radical (unpaired) electrons. The molecular weight excluding hydrogens is 150 g/mol. The summed E-state index contributed by atoms with van der Waals surface area (Å²) in [5.41, 5.74) is 2.42. The van der Waals surface area contributed by atoms with Gasteiger partial charge in [0.05, 0.1) is 0 Å². The lowest BCUT2D eigenvalue weighted by atomic mass is 10.00. The maximum Gasteiger partial charge on any atom is 0.251 e. The van der Waals surface area contributed by atoms with Crippen LogP contribution in [0.25, 0.3) is 0 Å². The van der Waals surface area contributed by atoms with E-state index in [1.165, 1.54) is 17.7 Å². The van der Waals surface area contributed by atoms with Gasteiger partial charge in [0, 0.05) is 18.3 Å². The molecule has 2 rings (SSSR count). The molecule has 0 fully saturated rings. The van der Waals surface area contributed by atoms with Gasteiger partial charge in [-0.3, -0.25) is 4.79 Å². The molecule has 1 aliphatic carbocycles. The first-order valence-electron chi connectivity index (χ1n) is 4.55. The fraction of sp³-hybridized carbons (Fsp3) is 0.500. The lowest BCUT2D eigenvalue weighted by Gasteiger charge is -2.20. The van der Waals surface area contributed by atoms with Crippen molar-refractivity contribution < 1.29 is 4.79 Å². The van der Waals surface area contributed by atoms with E-state index < -0.39 is 0 Å². The van der Waals surface area contributed by atoms with E-state index in [-0.39, 0.29) is 5.91 Å². The fourth-order valence-electron chi connectivity index (χ4n) is 1.89. The zero-order valence-electron chi connectivity index (χ0n) is 7.34. The smallest absolute Gasteiger partial charge is 0.251 e. The van der Waals surface area contributed by atoms with Gasteiger partial charge in [0.2, 0.25) is 0 Å². The molecule has 12 heavy (non-hydrogen) atoms. The maximum atomic E-state index is 11.4. The molecule has 1 heterocycles. The average Bonchev–Trinajstić information content (AvgIpc) is 2.40. The molecule has 2 heteroatoms. The molecular formula is C10H13NO. The Morgan fingerprint density at radius 2 is 2.42 bits per heavy atom. The van der Waals surface area contributed by atoms with E-state index in [1.54, 1.807) is 6.08 Å². The lowest BCUT2D eigenvalue weighted by molar-refractivity contribution is -0.123. The van der Waals surface area contributed by atoms with Gasteiger partial charge in [-0.05, 0) is 31.8 Å². The number of allylic oxidation sites excluding steroid dienone is 2. The van der Waals surface area contributed by atoms with Gasteiger partial charge in [0.15, 0.2) is 0 Å². The Bertz CT molecular complexity index is 276. The van der Waals surface area contributed by atoms with E-state index in [4.69, 9.17) is 0 Å². The van der Waals surface area contributed by atoms with Gasteiger partial charge in [-0.2, -0.15) is 0 Å². The summed E-state index contributed by atoms with van der Waals surface area (Å²) in [5, 5.41) is 0. The zero-order valence-corrected chi connectivity index (χ0v) is 7.34. The highest BCUT2D eigenvalue weighted by Gasteiger charge is 2.26. The molecule has 64 valence electrons. The first kappa shape index (κ1) is 7.59. The molecule has 0 aromatic heterocycles. The first-order chi connectivity index (χ1) is 5.83. The first-order valence-corrected chi connectivity index (χ1v) is 4.55. The third-order valence-corrected chi connectivity index (χ3v) is 2.49. The average molecular weight is 163 g/mol. The topological polar surface area (TPSA) is 20.3 Å². The van der Waals surface area contributed by atoms with Crippen LogP contribution in [0.3, 0.4) is 0 Å². The highest BCUT2D eigenvalue weighted by Crippen LogP contribution is 2.31. The molecule has 0 atom stereocenters. The maximum absolute atomic E-state index is 11.4. The van der Waals surface area contributed by atoms with Crippen molar-refractivity contribution in [1.82, 2.24) is 4.90 Å². The van der Waals surface area contributed by atoms with Crippen LogP contribution in [0, 0.1) is 0 Å². The summed E-state index contributed by atoms with van der Waals surface area (Å²) in [4.78, 5) is 13.2. The number of likely N-dealkylation sites (N-methyl/N-ethyl adjacent to an activating group) is 1. The van der Waals surface area contributed by atoms with Crippen molar-refractivity contribution in [2.45, 2.75) is 26.2 Å². The number of rotatable bonds is 1. The van der Waals surface area contributed by atoms with Crippen molar-refractivity contribution in [3.05, 3.63) is 23.4 Å². The van der Waals surface area contributed by atoms with Crippen LogP contribution in [0.1, 0.15) is 26.2 Å². The third kappa shape index (κ3) is 0.986. The number of fused-ring (bicyclic) bond motifs is 1. The summed E-state index contributed by atoms with van der Waals surface area (Å²) < 4.78 is 0. The van der Waals surface area contributed by atoms with Gasteiger partial charge in [-0.25, -0.2) is 0 Å². The van der Waals surface area contributed by atoms with Crippen LogP contribution in [-0.4, -0.2) is 17.4 Å². The lowest BCUT2D eigenvalue weighted by Crippen LogP contribution is -2.24. The van der Waals surface area contributed by atoms with Crippen LogP contribution in [0.2, 0.25) is 0 Å². The molecule has 0 unspecified atom stereocenters. The zero-order chi connectivity index (χ0) is 8.55. The number of carbonyl (C=O) groups is 1. The van der Waals surface area contributed by atoms with Gasteiger partial charge in [-0.15, -0.1) is 0 Å². The number of nitrogens with zero attached hydrogens (tertiary/aromatic N) is 1. The Kier molecular flexibility index (Phi) is 1.75. The summed E-state index contributed by atoms with van der Waals surface area (Å²) in [5.74, 6) is 0.167. The number of amides is 1. The third-order valence-electron chi connectivity index (χ3n) is 2.49. The SMILES string of the molecule is CCN1C(=O)C=C2CCCC=C21. The largest absolute Gasteiger partial charge is 0.309 e. The predicted molar refractivity (Wildman–Crippen MR) is 47.4 cm³/mol. The molecule has 1 amide bonds. The van der Waals surface area contributed by atoms with Crippen molar-refractivity contribution in [2.75, 3.05) is 6.54 Å². The second-order valence-electron chi connectivity index (χ2n) is 3.23. The van der Waals surface area contributed by atoms with E-state index >= 15 is 0 Å². The second-order valence-corrected chi connectivity index (χ2v) is 3.23. The number of carbonyl (C=O) groups excluding carboxylic acids is 1. The van der Waals surface area contributed by atoms with Crippen LogP contribution in [0.5, 0.6) is 0 Å². The Labute approximate surface area is 72.6 Å². The van der Waals surface area contributed by atoms with Crippen LogP contribution in [-0.2, 0) is 4.79 Å². The van der Waals surface area contributed by atoms with Crippen molar-refractivity contribution >= 4 is 5.91 Å². The molecule has 0 N–H and O–H groups in total. The molecule has 0 bridgehead atoms. The van der Waals surface area contributed by atoms with Gasteiger partial charge in [0.25, 0.3) is 5.91 Å². The van der Waals surface area contributed by atoms with Crippen molar-refractivity contribution in [3.8, 4) is 0 Å². The summed E-state index contributed by atoms with van der Waals surface area (Å²) in [6.45, 7) is 2.81. The Morgan fingerprint density at radius 1 is 1.58 bits per heavy atom. The molecule has 0 saturated heterocycles. The summed E-state index contributed by atoms with van der Waals surface area (Å²) >= 11 is 0. The fourth-order valence-corrected chi connectivity index (χ4v) is 1.89. The Balaban J connectivity index is 2.34.